The maximum Gasteiger partial charge on any atom is 0.159 e. The number of para-hydroxylation sites is 3. The summed E-state index contributed by atoms with van der Waals surface area (Å²) in [6, 6.07) is 49.8. The second kappa shape index (κ2) is 8.97. The van der Waals surface area contributed by atoms with Crippen molar-refractivity contribution in [2.45, 2.75) is 19.3 Å². The van der Waals surface area contributed by atoms with E-state index in [9.17, 15) is 0 Å². The molecule has 2 nitrogen and oxygen atoms in total. The lowest BCUT2D eigenvalue weighted by atomic mass is 9.82. The van der Waals surface area contributed by atoms with Gasteiger partial charge >= 0.3 is 0 Å². The average Bonchev–Trinajstić information content (AvgIpc) is 3.51. The van der Waals surface area contributed by atoms with Crippen molar-refractivity contribution in [3.63, 3.8) is 0 Å². The van der Waals surface area contributed by atoms with E-state index in [-0.39, 0.29) is 5.41 Å². The first kappa shape index (κ1) is 23.8. The highest BCUT2D eigenvalue weighted by Gasteiger charge is 2.35. The summed E-state index contributed by atoms with van der Waals surface area (Å²) in [5.41, 5.74) is 12.9. The van der Waals surface area contributed by atoms with E-state index in [0.29, 0.717) is 0 Å². The predicted molar refractivity (Wildman–Crippen MR) is 171 cm³/mol. The van der Waals surface area contributed by atoms with Crippen molar-refractivity contribution < 1.29 is 4.42 Å². The Labute approximate surface area is 240 Å². The van der Waals surface area contributed by atoms with Crippen LogP contribution in [0.2, 0.25) is 0 Å². The van der Waals surface area contributed by atoms with Crippen LogP contribution in [0.15, 0.2) is 144 Å². The van der Waals surface area contributed by atoms with E-state index in [4.69, 9.17) is 4.42 Å². The van der Waals surface area contributed by atoms with E-state index in [1.807, 2.05) is 12.1 Å². The van der Waals surface area contributed by atoms with E-state index < -0.39 is 0 Å². The molecule has 1 heterocycles. The molecular weight excluding hydrogens is 498 g/mol. The molecule has 1 aliphatic rings. The van der Waals surface area contributed by atoms with Crippen molar-refractivity contribution in [2.24, 2.45) is 0 Å². The average molecular weight is 528 g/mol. The van der Waals surface area contributed by atoms with E-state index in [1.165, 1.54) is 33.4 Å². The van der Waals surface area contributed by atoms with Gasteiger partial charge < -0.3 is 9.32 Å². The standard InChI is InChI=1S/C39H29NO/c1-39(2)34-16-8-6-13-30(34)33-25-27(21-24-35(33)39)26-19-22-29(23-20-26)40(28-11-4-3-5-12-28)36-17-10-15-32-31-14-7-9-18-37(31)41-38(32)36/h3-25H,1-2H3. The third kappa shape index (κ3) is 3.64. The Balaban J connectivity index is 1.24. The molecule has 1 aromatic heterocycles. The summed E-state index contributed by atoms with van der Waals surface area (Å²) in [4.78, 5) is 2.29. The van der Waals surface area contributed by atoms with E-state index >= 15 is 0 Å². The molecule has 7 aromatic rings. The zero-order chi connectivity index (χ0) is 27.6. The van der Waals surface area contributed by atoms with Gasteiger partial charge in [0.2, 0.25) is 0 Å². The maximum atomic E-state index is 6.45. The smallest absolute Gasteiger partial charge is 0.159 e. The molecule has 0 radical (unpaired) electrons. The SMILES string of the molecule is CC1(C)c2ccccc2-c2cc(-c3ccc(N(c4ccccc4)c4cccc5c4oc4ccccc45)cc3)ccc21. The highest BCUT2D eigenvalue weighted by atomic mass is 16.3. The van der Waals surface area contributed by atoms with Crippen LogP contribution >= 0.6 is 0 Å². The van der Waals surface area contributed by atoms with Crippen molar-refractivity contribution in [1.82, 2.24) is 0 Å². The topological polar surface area (TPSA) is 16.4 Å². The summed E-state index contributed by atoms with van der Waals surface area (Å²) < 4.78 is 6.45. The van der Waals surface area contributed by atoms with Crippen LogP contribution in [0.4, 0.5) is 17.1 Å². The minimum atomic E-state index is 0.0160. The lowest BCUT2D eigenvalue weighted by Gasteiger charge is -2.25. The second-order valence-corrected chi connectivity index (χ2v) is 11.4. The summed E-state index contributed by atoms with van der Waals surface area (Å²) >= 11 is 0. The fourth-order valence-electron chi connectivity index (χ4n) is 6.62. The van der Waals surface area contributed by atoms with Crippen LogP contribution < -0.4 is 4.90 Å². The number of anilines is 3. The molecule has 0 unspecified atom stereocenters. The molecule has 1 aliphatic carbocycles. The van der Waals surface area contributed by atoms with Gasteiger partial charge in [0.15, 0.2) is 5.58 Å². The number of furan rings is 1. The van der Waals surface area contributed by atoms with Crippen LogP contribution in [-0.2, 0) is 5.41 Å². The number of hydrogen-bond acceptors (Lipinski definition) is 2. The van der Waals surface area contributed by atoms with Crippen LogP contribution in [0.1, 0.15) is 25.0 Å². The van der Waals surface area contributed by atoms with Gasteiger partial charge in [-0.3, -0.25) is 0 Å². The molecular formula is C39H29NO. The highest BCUT2D eigenvalue weighted by molar-refractivity contribution is 6.10. The van der Waals surface area contributed by atoms with Crippen molar-refractivity contribution in [3.8, 4) is 22.3 Å². The second-order valence-electron chi connectivity index (χ2n) is 11.4. The Bertz CT molecular complexity index is 2070. The first-order valence-electron chi connectivity index (χ1n) is 14.2. The number of rotatable bonds is 4. The van der Waals surface area contributed by atoms with Gasteiger partial charge in [-0.1, -0.05) is 111 Å². The Morgan fingerprint density at radius 2 is 1.17 bits per heavy atom. The molecule has 8 rings (SSSR count). The summed E-state index contributed by atoms with van der Waals surface area (Å²) in [7, 11) is 0. The number of nitrogens with zero attached hydrogens (tertiary/aromatic N) is 1. The fraction of sp³-hybridized carbons (Fsp3) is 0.0769. The Morgan fingerprint density at radius 1 is 0.512 bits per heavy atom. The summed E-state index contributed by atoms with van der Waals surface area (Å²) in [6.07, 6.45) is 0. The van der Waals surface area contributed by atoms with Gasteiger partial charge in [0.05, 0.1) is 5.69 Å². The normalized spacial score (nSPS) is 13.3. The van der Waals surface area contributed by atoms with Gasteiger partial charge in [0, 0.05) is 27.6 Å². The molecule has 0 fully saturated rings. The molecule has 0 saturated heterocycles. The molecule has 0 amide bonds. The molecule has 0 saturated carbocycles. The van der Waals surface area contributed by atoms with Crippen LogP contribution in [0.5, 0.6) is 0 Å². The van der Waals surface area contributed by atoms with Gasteiger partial charge in [0.25, 0.3) is 0 Å². The highest BCUT2D eigenvalue weighted by Crippen LogP contribution is 2.49. The zero-order valence-corrected chi connectivity index (χ0v) is 23.1. The minimum Gasteiger partial charge on any atom is -0.454 e. The molecule has 0 bridgehead atoms. The molecule has 6 aromatic carbocycles. The van der Waals surface area contributed by atoms with Crippen molar-refractivity contribution in [1.29, 1.82) is 0 Å². The van der Waals surface area contributed by atoms with Crippen LogP contribution in [-0.4, -0.2) is 0 Å². The Morgan fingerprint density at radius 3 is 2.02 bits per heavy atom. The molecule has 196 valence electrons. The molecule has 0 N–H and O–H groups in total. The number of hydrogen-bond donors (Lipinski definition) is 0. The van der Waals surface area contributed by atoms with Gasteiger partial charge in [-0.2, -0.15) is 0 Å². The van der Waals surface area contributed by atoms with Crippen LogP contribution in [0, 0.1) is 0 Å². The Kier molecular flexibility index (Phi) is 5.20. The first-order chi connectivity index (χ1) is 20.1. The zero-order valence-electron chi connectivity index (χ0n) is 23.1. The lowest BCUT2D eigenvalue weighted by molar-refractivity contribution is 0.660. The summed E-state index contributed by atoms with van der Waals surface area (Å²) in [5.74, 6) is 0. The molecule has 0 spiro atoms. The van der Waals surface area contributed by atoms with Gasteiger partial charge in [0.1, 0.15) is 5.58 Å². The Hall–Kier alpha value is -5.08. The van der Waals surface area contributed by atoms with Crippen LogP contribution in [0.25, 0.3) is 44.2 Å². The molecule has 0 atom stereocenters. The van der Waals surface area contributed by atoms with Crippen molar-refractivity contribution in [3.05, 3.63) is 151 Å². The maximum absolute atomic E-state index is 6.45. The van der Waals surface area contributed by atoms with Crippen molar-refractivity contribution >= 4 is 39.0 Å². The largest absolute Gasteiger partial charge is 0.454 e. The van der Waals surface area contributed by atoms with Gasteiger partial charge in [-0.15, -0.1) is 0 Å². The van der Waals surface area contributed by atoms with E-state index in [2.05, 4.69) is 146 Å². The first-order valence-corrected chi connectivity index (χ1v) is 14.2. The van der Waals surface area contributed by atoms with Crippen LogP contribution in [0.3, 0.4) is 0 Å². The van der Waals surface area contributed by atoms with Gasteiger partial charge in [-0.05, 0) is 75.8 Å². The monoisotopic (exact) mass is 527 g/mol. The third-order valence-corrected chi connectivity index (χ3v) is 8.68. The predicted octanol–water partition coefficient (Wildman–Crippen LogP) is 11.0. The summed E-state index contributed by atoms with van der Waals surface area (Å²) in [6.45, 7) is 4.65. The van der Waals surface area contributed by atoms with Crippen molar-refractivity contribution in [2.75, 3.05) is 4.90 Å². The number of fused-ring (bicyclic) bond motifs is 6. The fourth-order valence-corrected chi connectivity index (χ4v) is 6.62. The quantitative estimate of drug-likeness (QED) is 0.226. The molecule has 2 heteroatoms. The molecule has 41 heavy (non-hydrogen) atoms. The molecule has 0 aliphatic heterocycles. The number of benzene rings is 6. The van der Waals surface area contributed by atoms with Gasteiger partial charge in [-0.25, -0.2) is 0 Å². The summed E-state index contributed by atoms with van der Waals surface area (Å²) in [5, 5.41) is 2.26. The third-order valence-electron chi connectivity index (χ3n) is 8.68. The van der Waals surface area contributed by atoms with E-state index in [0.717, 1.165) is 39.0 Å². The lowest BCUT2D eigenvalue weighted by Crippen LogP contribution is -2.14. The minimum absolute atomic E-state index is 0.0160. The van der Waals surface area contributed by atoms with E-state index in [1.54, 1.807) is 0 Å².